The summed E-state index contributed by atoms with van der Waals surface area (Å²) in [4.78, 5) is 18.8. The number of carbonyl (C=O) groups excluding carboxylic acids is 1. The van der Waals surface area contributed by atoms with Crippen molar-refractivity contribution in [1.82, 2.24) is 14.2 Å². The molecule has 2 saturated heterocycles. The predicted octanol–water partition coefficient (Wildman–Crippen LogP) is 0.887. The van der Waals surface area contributed by atoms with Gasteiger partial charge in [0, 0.05) is 30.9 Å². The van der Waals surface area contributed by atoms with Gasteiger partial charge < -0.3 is 15.4 Å². The zero-order valence-corrected chi connectivity index (χ0v) is 16.2. The molecule has 0 unspecified atom stereocenters. The summed E-state index contributed by atoms with van der Waals surface area (Å²) < 4.78 is 33.5. The van der Waals surface area contributed by atoms with Gasteiger partial charge in [-0.25, -0.2) is 13.4 Å². The minimum Gasteiger partial charge on any atom is -0.379 e. The first-order chi connectivity index (χ1) is 12.9. The van der Waals surface area contributed by atoms with E-state index >= 15 is 0 Å². The van der Waals surface area contributed by atoms with Crippen LogP contribution in [0.3, 0.4) is 0 Å². The molecule has 0 saturated carbocycles. The van der Waals surface area contributed by atoms with Crippen LogP contribution in [-0.4, -0.2) is 67.4 Å². The summed E-state index contributed by atoms with van der Waals surface area (Å²) in [7, 11) is -3.67. The minimum atomic E-state index is -3.67. The van der Waals surface area contributed by atoms with Crippen LogP contribution in [-0.2, 0) is 14.8 Å². The Labute approximate surface area is 161 Å². The molecule has 1 aromatic carbocycles. The largest absolute Gasteiger partial charge is 0.379 e. The molecule has 0 spiro atoms. The van der Waals surface area contributed by atoms with Crippen molar-refractivity contribution in [3.8, 4) is 0 Å². The van der Waals surface area contributed by atoms with Crippen LogP contribution in [0.1, 0.15) is 10.5 Å². The average Bonchev–Trinajstić information content (AvgIpc) is 2.87. The van der Waals surface area contributed by atoms with Crippen molar-refractivity contribution in [3.63, 3.8) is 0 Å². The van der Waals surface area contributed by atoms with Gasteiger partial charge in [0.2, 0.25) is 10.0 Å². The van der Waals surface area contributed by atoms with Crippen LogP contribution in [0, 0.1) is 5.92 Å². The van der Waals surface area contributed by atoms with E-state index in [1.807, 2.05) is 0 Å². The highest BCUT2D eigenvalue weighted by Gasteiger charge is 2.41. The Hall–Kier alpha value is -2.01. The Morgan fingerprint density at radius 1 is 1.19 bits per heavy atom. The summed E-state index contributed by atoms with van der Waals surface area (Å²) in [5.74, 6) is -0.324. The number of carbonyl (C=O) groups is 1. The summed E-state index contributed by atoms with van der Waals surface area (Å²) in [6.07, 6.45) is 0. The van der Waals surface area contributed by atoms with E-state index in [-0.39, 0.29) is 29.9 Å². The standard InChI is InChI=1S/C17H20N4O4S2/c18-17-19-15(11-26-17)16(22)20-6-12-7-21(13(8-20)10-25-9-12)27(23,24)14-4-2-1-3-5-14/h1-5,11-13H,6-10H2,(H2,18,19)/t12-,13-/m0/s1. The number of fused-ring (bicyclic) bond motifs is 3. The summed E-state index contributed by atoms with van der Waals surface area (Å²) in [5.41, 5.74) is 5.94. The normalized spacial score (nSPS) is 23.8. The number of aromatic nitrogens is 1. The quantitative estimate of drug-likeness (QED) is 0.808. The van der Waals surface area contributed by atoms with Gasteiger partial charge in [0.15, 0.2) is 5.13 Å². The van der Waals surface area contributed by atoms with Crippen molar-refractivity contribution in [1.29, 1.82) is 0 Å². The van der Waals surface area contributed by atoms with E-state index in [2.05, 4.69) is 4.98 Å². The van der Waals surface area contributed by atoms with Crippen molar-refractivity contribution < 1.29 is 17.9 Å². The summed E-state index contributed by atoms with van der Waals surface area (Å²) in [5, 5.41) is 1.97. The van der Waals surface area contributed by atoms with Crippen molar-refractivity contribution in [2.75, 3.05) is 38.6 Å². The van der Waals surface area contributed by atoms with E-state index in [1.165, 1.54) is 15.6 Å². The fourth-order valence-electron chi connectivity index (χ4n) is 3.54. The maximum absolute atomic E-state index is 13.2. The van der Waals surface area contributed by atoms with Gasteiger partial charge in [-0.05, 0) is 12.1 Å². The Bertz CT molecular complexity index is 931. The number of hydrogen-bond acceptors (Lipinski definition) is 7. The lowest BCUT2D eigenvalue weighted by atomic mass is 10.1. The minimum absolute atomic E-state index is 0.101. The molecule has 2 aromatic rings. The fourth-order valence-corrected chi connectivity index (χ4v) is 5.78. The monoisotopic (exact) mass is 408 g/mol. The van der Waals surface area contributed by atoms with Crippen LogP contribution in [0.2, 0.25) is 0 Å². The Morgan fingerprint density at radius 2 is 1.96 bits per heavy atom. The first kappa shape index (κ1) is 18.4. The second-order valence-corrected chi connectivity index (χ2v) is 9.51. The van der Waals surface area contributed by atoms with Gasteiger partial charge in [-0.2, -0.15) is 4.31 Å². The lowest BCUT2D eigenvalue weighted by molar-refractivity contribution is 0.0457. The lowest BCUT2D eigenvalue weighted by Crippen LogP contribution is -2.47. The number of ether oxygens (including phenoxy) is 1. The van der Waals surface area contributed by atoms with Crippen molar-refractivity contribution in [2.24, 2.45) is 5.92 Å². The molecule has 2 bridgehead atoms. The Morgan fingerprint density at radius 3 is 2.67 bits per heavy atom. The van der Waals surface area contributed by atoms with Gasteiger partial charge >= 0.3 is 0 Å². The van der Waals surface area contributed by atoms with Crippen LogP contribution >= 0.6 is 11.3 Å². The number of nitrogen functional groups attached to an aromatic ring is 1. The van der Waals surface area contributed by atoms with Gasteiger partial charge in [0.25, 0.3) is 5.91 Å². The zero-order valence-electron chi connectivity index (χ0n) is 14.5. The highest BCUT2D eigenvalue weighted by atomic mass is 32.2. The number of nitrogens with two attached hydrogens (primary N) is 1. The van der Waals surface area contributed by atoms with Gasteiger partial charge in [-0.3, -0.25) is 4.79 Å². The molecule has 1 aromatic heterocycles. The lowest BCUT2D eigenvalue weighted by Gasteiger charge is -2.30. The topological polar surface area (TPSA) is 106 Å². The number of thiazole rings is 1. The molecule has 2 aliphatic rings. The van der Waals surface area contributed by atoms with Crippen molar-refractivity contribution >= 4 is 32.4 Å². The number of anilines is 1. The molecule has 8 nitrogen and oxygen atoms in total. The SMILES string of the molecule is Nc1nc(C(=O)N2C[C@@H]3COC[C@H](C2)N(S(=O)(=O)c2ccccc2)C3)cs1. The van der Waals surface area contributed by atoms with Crippen LogP contribution in [0.25, 0.3) is 0 Å². The van der Waals surface area contributed by atoms with Gasteiger partial charge in [-0.1, -0.05) is 18.2 Å². The maximum Gasteiger partial charge on any atom is 0.273 e. The Kier molecular flexibility index (Phi) is 4.89. The molecule has 2 fully saturated rings. The fraction of sp³-hybridized carbons (Fsp3) is 0.412. The van der Waals surface area contributed by atoms with E-state index in [1.54, 1.807) is 40.6 Å². The smallest absolute Gasteiger partial charge is 0.273 e. The molecule has 2 atom stereocenters. The first-order valence-electron chi connectivity index (χ1n) is 8.60. The molecule has 4 rings (SSSR count). The molecular formula is C17H20N4O4S2. The highest BCUT2D eigenvalue weighted by molar-refractivity contribution is 7.89. The van der Waals surface area contributed by atoms with Crippen LogP contribution in [0.4, 0.5) is 5.13 Å². The third kappa shape index (κ3) is 3.57. The zero-order chi connectivity index (χ0) is 19.0. The maximum atomic E-state index is 13.2. The molecule has 2 N–H and O–H groups in total. The molecule has 1 amide bonds. The third-order valence-electron chi connectivity index (χ3n) is 4.80. The number of nitrogens with zero attached hydrogens (tertiary/aromatic N) is 3. The van der Waals surface area contributed by atoms with Gasteiger partial charge in [0.1, 0.15) is 5.69 Å². The second-order valence-electron chi connectivity index (χ2n) is 6.73. The van der Waals surface area contributed by atoms with E-state index in [4.69, 9.17) is 10.5 Å². The van der Waals surface area contributed by atoms with E-state index in [0.717, 1.165) is 0 Å². The molecule has 27 heavy (non-hydrogen) atoms. The molecule has 3 heterocycles. The van der Waals surface area contributed by atoms with E-state index < -0.39 is 16.1 Å². The molecule has 0 radical (unpaired) electrons. The molecule has 0 aliphatic carbocycles. The number of benzene rings is 1. The third-order valence-corrected chi connectivity index (χ3v) is 7.40. The summed E-state index contributed by atoms with van der Waals surface area (Å²) in [6.45, 7) is 1.68. The van der Waals surface area contributed by atoms with Crippen LogP contribution in [0.5, 0.6) is 0 Å². The number of amides is 1. The van der Waals surface area contributed by atoms with Crippen molar-refractivity contribution in [2.45, 2.75) is 10.9 Å². The Balaban J connectivity index is 1.63. The van der Waals surface area contributed by atoms with E-state index in [0.29, 0.717) is 30.5 Å². The molecule has 2 aliphatic heterocycles. The summed E-state index contributed by atoms with van der Waals surface area (Å²) >= 11 is 1.21. The molecular weight excluding hydrogens is 388 g/mol. The van der Waals surface area contributed by atoms with Gasteiger partial charge in [-0.15, -0.1) is 11.3 Å². The van der Waals surface area contributed by atoms with E-state index in [9.17, 15) is 13.2 Å². The molecule has 144 valence electrons. The first-order valence-corrected chi connectivity index (χ1v) is 10.9. The second kappa shape index (κ2) is 7.19. The van der Waals surface area contributed by atoms with Crippen LogP contribution < -0.4 is 5.73 Å². The average molecular weight is 409 g/mol. The molecule has 10 heteroatoms. The van der Waals surface area contributed by atoms with Crippen LogP contribution in [0.15, 0.2) is 40.6 Å². The summed E-state index contributed by atoms with van der Waals surface area (Å²) in [6, 6.07) is 7.93. The number of rotatable bonds is 3. The number of hydrogen-bond donors (Lipinski definition) is 1. The van der Waals surface area contributed by atoms with Gasteiger partial charge in [0.05, 0.1) is 24.2 Å². The van der Waals surface area contributed by atoms with Crippen molar-refractivity contribution in [3.05, 3.63) is 41.4 Å². The highest BCUT2D eigenvalue weighted by Crippen LogP contribution is 2.27. The predicted molar refractivity (Wildman–Crippen MR) is 101 cm³/mol. The number of sulfonamides is 1.